The second kappa shape index (κ2) is 6.48. The van der Waals surface area contributed by atoms with Crippen molar-refractivity contribution in [1.29, 1.82) is 0 Å². The first-order valence-electron chi connectivity index (χ1n) is 6.64. The molecule has 0 aliphatic rings. The SMILES string of the molecule is CCn1cc(CC(CNC)c2cccc(F)c2)cn1. The predicted molar refractivity (Wildman–Crippen MR) is 74.7 cm³/mol. The van der Waals surface area contributed by atoms with Crippen LogP contribution < -0.4 is 5.32 Å². The molecule has 3 nitrogen and oxygen atoms in total. The smallest absolute Gasteiger partial charge is 0.123 e. The lowest BCUT2D eigenvalue weighted by molar-refractivity contribution is 0.600. The van der Waals surface area contributed by atoms with E-state index in [-0.39, 0.29) is 11.7 Å². The van der Waals surface area contributed by atoms with Gasteiger partial charge in [-0.15, -0.1) is 0 Å². The first-order chi connectivity index (χ1) is 9.22. The Bertz CT molecular complexity index is 522. The number of benzene rings is 1. The van der Waals surface area contributed by atoms with Gasteiger partial charge in [-0.3, -0.25) is 4.68 Å². The number of halogens is 1. The van der Waals surface area contributed by atoms with E-state index in [1.165, 1.54) is 11.6 Å². The van der Waals surface area contributed by atoms with Crippen LogP contribution in [0.1, 0.15) is 24.0 Å². The van der Waals surface area contributed by atoms with Gasteiger partial charge in [-0.2, -0.15) is 5.10 Å². The van der Waals surface area contributed by atoms with Gasteiger partial charge in [0.25, 0.3) is 0 Å². The molecule has 2 rings (SSSR count). The maximum absolute atomic E-state index is 13.3. The molecule has 1 atom stereocenters. The van der Waals surface area contributed by atoms with Gasteiger partial charge in [0.15, 0.2) is 0 Å². The zero-order valence-electron chi connectivity index (χ0n) is 11.4. The summed E-state index contributed by atoms with van der Waals surface area (Å²) in [5.74, 6) is 0.0815. The summed E-state index contributed by atoms with van der Waals surface area (Å²) in [4.78, 5) is 0. The van der Waals surface area contributed by atoms with Crippen molar-refractivity contribution in [3.05, 3.63) is 53.6 Å². The Morgan fingerprint density at radius 2 is 2.26 bits per heavy atom. The minimum atomic E-state index is -0.178. The van der Waals surface area contributed by atoms with Crippen molar-refractivity contribution in [2.24, 2.45) is 0 Å². The van der Waals surface area contributed by atoms with E-state index in [0.29, 0.717) is 0 Å². The maximum Gasteiger partial charge on any atom is 0.123 e. The molecule has 19 heavy (non-hydrogen) atoms. The van der Waals surface area contributed by atoms with Crippen LogP contribution in [0, 0.1) is 5.82 Å². The second-order valence-corrected chi connectivity index (χ2v) is 4.72. The number of rotatable bonds is 6. The summed E-state index contributed by atoms with van der Waals surface area (Å²) in [5.41, 5.74) is 2.21. The van der Waals surface area contributed by atoms with Crippen molar-refractivity contribution in [2.45, 2.75) is 25.8 Å². The minimum absolute atomic E-state index is 0.178. The van der Waals surface area contributed by atoms with Crippen LogP contribution in [0.15, 0.2) is 36.7 Å². The third-order valence-corrected chi connectivity index (χ3v) is 3.26. The highest BCUT2D eigenvalue weighted by Gasteiger charge is 2.13. The quantitative estimate of drug-likeness (QED) is 0.866. The molecule has 0 bridgehead atoms. The molecule has 0 amide bonds. The van der Waals surface area contributed by atoms with E-state index >= 15 is 0 Å². The molecule has 0 fully saturated rings. The number of aryl methyl sites for hydroxylation is 1. The summed E-state index contributed by atoms with van der Waals surface area (Å²) in [6.07, 6.45) is 4.82. The molecule has 0 saturated carbocycles. The monoisotopic (exact) mass is 261 g/mol. The van der Waals surface area contributed by atoms with E-state index in [0.717, 1.165) is 25.1 Å². The third-order valence-electron chi connectivity index (χ3n) is 3.26. The lowest BCUT2D eigenvalue weighted by atomic mass is 9.93. The molecule has 1 unspecified atom stereocenters. The predicted octanol–water partition coefficient (Wildman–Crippen LogP) is 2.59. The highest BCUT2D eigenvalue weighted by atomic mass is 19.1. The molecule has 1 aromatic carbocycles. The van der Waals surface area contributed by atoms with Crippen LogP contribution in [0.3, 0.4) is 0 Å². The number of hydrogen-bond acceptors (Lipinski definition) is 2. The average Bonchev–Trinajstić information content (AvgIpc) is 2.86. The van der Waals surface area contributed by atoms with E-state index in [9.17, 15) is 4.39 Å². The molecule has 1 N–H and O–H groups in total. The Balaban J connectivity index is 2.15. The van der Waals surface area contributed by atoms with Crippen LogP contribution in [0.4, 0.5) is 4.39 Å². The zero-order chi connectivity index (χ0) is 13.7. The summed E-state index contributed by atoms with van der Waals surface area (Å²) in [7, 11) is 1.92. The molecular formula is C15H20FN3. The Morgan fingerprint density at radius 3 is 2.89 bits per heavy atom. The largest absolute Gasteiger partial charge is 0.319 e. The Kier molecular flexibility index (Phi) is 4.68. The van der Waals surface area contributed by atoms with E-state index < -0.39 is 0 Å². The Labute approximate surface area is 113 Å². The summed E-state index contributed by atoms with van der Waals surface area (Å²) in [5, 5.41) is 7.46. The molecule has 102 valence electrons. The van der Waals surface area contributed by atoms with Crippen LogP contribution in [0.2, 0.25) is 0 Å². The van der Waals surface area contributed by atoms with Crippen molar-refractivity contribution in [1.82, 2.24) is 15.1 Å². The number of hydrogen-bond donors (Lipinski definition) is 1. The fourth-order valence-electron chi connectivity index (χ4n) is 2.28. The first-order valence-corrected chi connectivity index (χ1v) is 6.64. The van der Waals surface area contributed by atoms with Gasteiger partial charge in [-0.05, 0) is 43.7 Å². The van der Waals surface area contributed by atoms with Crippen molar-refractivity contribution in [3.8, 4) is 0 Å². The molecular weight excluding hydrogens is 241 g/mol. The van der Waals surface area contributed by atoms with Gasteiger partial charge in [-0.1, -0.05) is 12.1 Å². The molecule has 0 saturated heterocycles. The van der Waals surface area contributed by atoms with E-state index in [2.05, 4.69) is 23.5 Å². The molecule has 4 heteroatoms. The van der Waals surface area contributed by atoms with Crippen LogP contribution in [0.25, 0.3) is 0 Å². The fourth-order valence-corrected chi connectivity index (χ4v) is 2.28. The first kappa shape index (κ1) is 13.7. The van der Waals surface area contributed by atoms with E-state index in [1.54, 1.807) is 12.1 Å². The normalized spacial score (nSPS) is 12.6. The highest BCUT2D eigenvalue weighted by molar-refractivity contribution is 5.23. The number of aromatic nitrogens is 2. The summed E-state index contributed by atoms with van der Waals surface area (Å²) < 4.78 is 15.2. The molecule has 2 aromatic rings. The molecule has 0 aliphatic heterocycles. The van der Waals surface area contributed by atoms with E-state index in [4.69, 9.17) is 0 Å². The lowest BCUT2D eigenvalue weighted by Crippen LogP contribution is -2.19. The summed E-state index contributed by atoms with van der Waals surface area (Å²) in [6.45, 7) is 3.76. The Morgan fingerprint density at radius 1 is 1.42 bits per heavy atom. The number of nitrogens with one attached hydrogen (secondary N) is 1. The van der Waals surface area contributed by atoms with Crippen molar-refractivity contribution in [2.75, 3.05) is 13.6 Å². The topological polar surface area (TPSA) is 29.9 Å². The van der Waals surface area contributed by atoms with Gasteiger partial charge >= 0.3 is 0 Å². The van der Waals surface area contributed by atoms with Crippen LogP contribution in [-0.4, -0.2) is 23.4 Å². The van der Waals surface area contributed by atoms with Crippen LogP contribution in [0.5, 0.6) is 0 Å². The maximum atomic E-state index is 13.3. The summed E-state index contributed by atoms with van der Waals surface area (Å²) in [6, 6.07) is 6.85. The van der Waals surface area contributed by atoms with Gasteiger partial charge in [0, 0.05) is 25.2 Å². The van der Waals surface area contributed by atoms with Gasteiger partial charge in [0.05, 0.1) is 6.20 Å². The number of nitrogens with zero attached hydrogens (tertiary/aromatic N) is 2. The average molecular weight is 261 g/mol. The highest BCUT2D eigenvalue weighted by Crippen LogP contribution is 2.21. The summed E-state index contributed by atoms with van der Waals surface area (Å²) >= 11 is 0. The fraction of sp³-hybridized carbons (Fsp3) is 0.400. The standard InChI is InChI=1S/C15H20FN3/c1-3-19-11-12(9-18-19)7-14(10-17-2)13-5-4-6-15(16)8-13/h4-6,8-9,11,14,17H,3,7,10H2,1-2H3. The van der Waals surface area contributed by atoms with Crippen LogP contribution >= 0.6 is 0 Å². The van der Waals surface area contributed by atoms with Crippen molar-refractivity contribution < 1.29 is 4.39 Å². The van der Waals surface area contributed by atoms with Crippen molar-refractivity contribution >= 4 is 0 Å². The van der Waals surface area contributed by atoms with Gasteiger partial charge in [-0.25, -0.2) is 4.39 Å². The number of likely N-dealkylation sites (N-methyl/N-ethyl adjacent to an activating group) is 1. The minimum Gasteiger partial charge on any atom is -0.319 e. The molecule has 1 aromatic heterocycles. The second-order valence-electron chi connectivity index (χ2n) is 4.72. The zero-order valence-corrected chi connectivity index (χ0v) is 11.4. The van der Waals surface area contributed by atoms with Gasteiger partial charge in [0.2, 0.25) is 0 Å². The molecule has 0 spiro atoms. The molecule has 0 radical (unpaired) electrons. The molecule has 0 aliphatic carbocycles. The third kappa shape index (κ3) is 3.64. The van der Waals surface area contributed by atoms with Gasteiger partial charge in [0.1, 0.15) is 5.82 Å². The molecule has 1 heterocycles. The lowest BCUT2D eigenvalue weighted by Gasteiger charge is -2.16. The van der Waals surface area contributed by atoms with Gasteiger partial charge < -0.3 is 5.32 Å². The van der Waals surface area contributed by atoms with Crippen molar-refractivity contribution in [3.63, 3.8) is 0 Å². The van der Waals surface area contributed by atoms with Crippen LogP contribution in [-0.2, 0) is 13.0 Å². The Hall–Kier alpha value is -1.68. The van der Waals surface area contributed by atoms with E-state index in [1.807, 2.05) is 24.0 Å².